The number of hydrogen-bond acceptors (Lipinski definition) is 3. The summed E-state index contributed by atoms with van der Waals surface area (Å²) in [7, 11) is 0. The molecule has 0 aliphatic carbocycles. The molecule has 0 unspecified atom stereocenters. The molecule has 3 rings (SSSR count). The van der Waals surface area contributed by atoms with Gasteiger partial charge >= 0.3 is 6.18 Å². The number of pyridine rings is 1. The number of rotatable bonds is 4. The summed E-state index contributed by atoms with van der Waals surface area (Å²) in [5.41, 5.74) is 0.699. The Morgan fingerprint density at radius 2 is 2.00 bits per heavy atom. The molecule has 1 saturated heterocycles. The van der Waals surface area contributed by atoms with Crippen LogP contribution in [0.15, 0.2) is 42.5 Å². The van der Waals surface area contributed by atoms with Gasteiger partial charge in [-0.3, -0.25) is 9.78 Å². The number of alkyl halides is 3. The monoisotopic (exact) mass is 378 g/mol. The molecule has 1 amide bonds. The minimum absolute atomic E-state index is 0.0542. The Kier molecular flexibility index (Phi) is 5.79. The molecule has 2 heterocycles. The molecule has 0 bridgehead atoms. The number of hydrogen-bond donors (Lipinski definition) is 0. The fourth-order valence-corrected chi connectivity index (χ4v) is 3.20. The number of ether oxygens (including phenoxy) is 1. The normalized spacial score (nSPS) is 17.8. The van der Waals surface area contributed by atoms with Crippen molar-refractivity contribution in [2.75, 3.05) is 19.7 Å². The van der Waals surface area contributed by atoms with Crippen molar-refractivity contribution in [1.29, 1.82) is 0 Å². The summed E-state index contributed by atoms with van der Waals surface area (Å²) in [6.07, 6.45) is -4.27. The zero-order valence-electron chi connectivity index (χ0n) is 15.0. The van der Waals surface area contributed by atoms with Crippen molar-refractivity contribution in [3.63, 3.8) is 0 Å². The second kappa shape index (κ2) is 8.08. The van der Waals surface area contributed by atoms with E-state index in [0.29, 0.717) is 37.5 Å². The van der Waals surface area contributed by atoms with Crippen molar-refractivity contribution in [1.82, 2.24) is 9.88 Å². The van der Waals surface area contributed by atoms with Gasteiger partial charge in [-0.1, -0.05) is 31.2 Å². The van der Waals surface area contributed by atoms with Crippen molar-refractivity contribution in [2.24, 2.45) is 0 Å². The Morgan fingerprint density at radius 3 is 2.74 bits per heavy atom. The number of morpholine rings is 1. The molecular formula is C20H21F3N2O2. The topological polar surface area (TPSA) is 42.4 Å². The predicted molar refractivity (Wildman–Crippen MR) is 94.1 cm³/mol. The highest BCUT2D eigenvalue weighted by Gasteiger charge is 2.33. The number of halogens is 3. The summed E-state index contributed by atoms with van der Waals surface area (Å²) in [5.74, 6) is 0.0542. The lowest BCUT2D eigenvalue weighted by Gasteiger charge is -2.32. The van der Waals surface area contributed by atoms with Crippen molar-refractivity contribution in [3.8, 4) is 0 Å². The first kappa shape index (κ1) is 19.4. The average molecular weight is 378 g/mol. The molecule has 0 spiro atoms. The lowest BCUT2D eigenvalue weighted by atomic mass is 10.0. The molecule has 2 aromatic rings. The number of nitrogens with zero attached hydrogens (tertiary/aromatic N) is 2. The highest BCUT2D eigenvalue weighted by atomic mass is 19.4. The van der Waals surface area contributed by atoms with Gasteiger partial charge in [0, 0.05) is 25.1 Å². The van der Waals surface area contributed by atoms with Crippen LogP contribution in [0.4, 0.5) is 13.2 Å². The maximum Gasteiger partial charge on any atom is 0.416 e. The second-order valence-corrected chi connectivity index (χ2v) is 6.44. The van der Waals surface area contributed by atoms with E-state index in [9.17, 15) is 18.0 Å². The lowest BCUT2D eigenvalue weighted by molar-refractivity contribution is -0.139. The van der Waals surface area contributed by atoms with Crippen LogP contribution in [0.5, 0.6) is 0 Å². The van der Waals surface area contributed by atoms with Crippen LogP contribution in [0, 0.1) is 0 Å². The Bertz CT molecular complexity index is 808. The predicted octanol–water partition coefficient (Wildman–Crippen LogP) is 4.00. The number of carbonyl (C=O) groups is 1. The van der Waals surface area contributed by atoms with E-state index in [4.69, 9.17) is 4.74 Å². The summed E-state index contributed by atoms with van der Waals surface area (Å²) in [6.45, 7) is 3.17. The van der Waals surface area contributed by atoms with E-state index >= 15 is 0 Å². The van der Waals surface area contributed by atoms with Crippen LogP contribution in [0.25, 0.3) is 0 Å². The summed E-state index contributed by atoms with van der Waals surface area (Å²) in [4.78, 5) is 18.2. The average Bonchev–Trinajstić information content (AvgIpc) is 2.67. The highest BCUT2D eigenvalue weighted by molar-refractivity contribution is 5.75. The largest absolute Gasteiger partial charge is 0.416 e. The van der Waals surface area contributed by atoms with Crippen molar-refractivity contribution in [3.05, 3.63) is 65.0 Å². The summed E-state index contributed by atoms with van der Waals surface area (Å²) >= 11 is 0. The van der Waals surface area contributed by atoms with Gasteiger partial charge in [-0.05, 0) is 23.8 Å². The number of carbonyl (C=O) groups excluding carboxylic acids is 1. The maximum absolute atomic E-state index is 13.2. The SMILES string of the molecule is CCC(=O)N1CCO[C@@H](c2cccc(Cc3ccccc3C(F)(F)F)n2)C1. The molecule has 0 saturated carbocycles. The van der Waals surface area contributed by atoms with Crippen LogP contribution in [0.3, 0.4) is 0 Å². The Morgan fingerprint density at radius 1 is 1.22 bits per heavy atom. The van der Waals surface area contributed by atoms with Crippen LogP contribution < -0.4 is 0 Å². The first-order valence-electron chi connectivity index (χ1n) is 8.88. The van der Waals surface area contributed by atoms with Gasteiger partial charge in [-0.25, -0.2) is 0 Å². The molecule has 1 aliphatic heterocycles. The quantitative estimate of drug-likeness (QED) is 0.808. The zero-order chi connectivity index (χ0) is 19.4. The summed E-state index contributed by atoms with van der Waals surface area (Å²) in [5, 5.41) is 0. The number of benzene rings is 1. The van der Waals surface area contributed by atoms with Gasteiger partial charge in [-0.2, -0.15) is 13.2 Å². The molecular weight excluding hydrogens is 357 g/mol. The molecule has 4 nitrogen and oxygen atoms in total. The van der Waals surface area contributed by atoms with Gasteiger partial charge in [0.1, 0.15) is 6.10 Å². The van der Waals surface area contributed by atoms with Gasteiger partial charge in [0.15, 0.2) is 0 Å². The maximum atomic E-state index is 13.2. The highest BCUT2D eigenvalue weighted by Crippen LogP contribution is 2.32. The molecule has 144 valence electrons. The Hall–Kier alpha value is -2.41. The second-order valence-electron chi connectivity index (χ2n) is 6.44. The molecule has 0 radical (unpaired) electrons. The zero-order valence-corrected chi connectivity index (χ0v) is 15.0. The Balaban J connectivity index is 1.80. The third kappa shape index (κ3) is 4.66. The molecule has 27 heavy (non-hydrogen) atoms. The van der Waals surface area contributed by atoms with E-state index in [1.54, 1.807) is 29.2 Å². The van der Waals surface area contributed by atoms with Crippen molar-refractivity contribution < 1.29 is 22.7 Å². The third-order valence-electron chi connectivity index (χ3n) is 4.57. The van der Waals surface area contributed by atoms with Crippen LogP contribution in [-0.2, 0) is 22.1 Å². The molecule has 7 heteroatoms. The molecule has 1 atom stereocenters. The smallest absolute Gasteiger partial charge is 0.368 e. The summed E-state index contributed by atoms with van der Waals surface area (Å²) in [6, 6.07) is 10.8. The Labute approximate surface area is 156 Å². The fraction of sp³-hybridized carbons (Fsp3) is 0.400. The fourth-order valence-electron chi connectivity index (χ4n) is 3.20. The van der Waals surface area contributed by atoms with E-state index in [-0.39, 0.29) is 24.0 Å². The van der Waals surface area contributed by atoms with E-state index in [1.165, 1.54) is 12.1 Å². The molecule has 0 N–H and O–H groups in total. The first-order chi connectivity index (χ1) is 12.9. The minimum atomic E-state index is -4.40. The van der Waals surface area contributed by atoms with Crippen LogP contribution >= 0.6 is 0 Å². The van der Waals surface area contributed by atoms with Gasteiger partial charge in [0.25, 0.3) is 0 Å². The van der Waals surface area contributed by atoms with Crippen LogP contribution in [0.2, 0.25) is 0 Å². The number of aromatic nitrogens is 1. The van der Waals surface area contributed by atoms with Gasteiger partial charge < -0.3 is 9.64 Å². The van der Waals surface area contributed by atoms with E-state index in [0.717, 1.165) is 6.07 Å². The van der Waals surface area contributed by atoms with Crippen molar-refractivity contribution in [2.45, 2.75) is 32.0 Å². The van der Waals surface area contributed by atoms with E-state index in [2.05, 4.69) is 4.98 Å². The van der Waals surface area contributed by atoms with Crippen molar-refractivity contribution >= 4 is 5.91 Å². The van der Waals surface area contributed by atoms with Gasteiger partial charge in [0.05, 0.1) is 24.4 Å². The third-order valence-corrected chi connectivity index (χ3v) is 4.57. The first-order valence-corrected chi connectivity index (χ1v) is 8.88. The summed E-state index contributed by atoms with van der Waals surface area (Å²) < 4.78 is 45.3. The standard InChI is InChI=1S/C20H21F3N2O2/c1-2-19(26)25-10-11-27-18(13-25)17-9-5-7-15(24-17)12-14-6-3-4-8-16(14)20(21,22)23/h3-9,18H,2,10-13H2,1H3/t18-/m1/s1. The molecule has 1 aromatic carbocycles. The molecule has 1 fully saturated rings. The van der Waals surface area contributed by atoms with Gasteiger partial charge in [0.2, 0.25) is 5.91 Å². The van der Waals surface area contributed by atoms with E-state index < -0.39 is 11.7 Å². The van der Waals surface area contributed by atoms with Gasteiger partial charge in [-0.15, -0.1) is 0 Å². The molecule has 1 aliphatic rings. The van der Waals surface area contributed by atoms with Crippen LogP contribution in [0.1, 0.15) is 42.0 Å². The minimum Gasteiger partial charge on any atom is -0.368 e. The van der Waals surface area contributed by atoms with Crippen LogP contribution in [-0.4, -0.2) is 35.5 Å². The van der Waals surface area contributed by atoms with E-state index in [1.807, 2.05) is 6.92 Å². The lowest BCUT2D eigenvalue weighted by Crippen LogP contribution is -2.42. The molecule has 1 aromatic heterocycles. The number of amides is 1.